The number of alkyl halides is 1. The maximum absolute atomic E-state index is 2.42. The Balaban J connectivity index is 2.00. The van der Waals surface area contributed by atoms with Crippen molar-refractivity contribution in [3.8, 4) is 0 Å². The lowest BCUT2D eigenvalue weighted by atomic mass is 10.6. The van der Waals surface area contributed by atoms with Crippen molar-refractivity contribution in [1.82, 2.24) is 0 Å². The smallest absolute Gasteiger partial charge is 0.0228 e. The molecule has 0 aromatic heterocycles. The van der Waals surface area contributed by atoms with Crippen LogP contribution < -0.4 is 0 Å². The van der Waals surface area contributed by atoms with Crippen LogP contribution in [-0.4, -0.2) is 15.4 Å². The van der Waals surface area contributed by atoms with Gasteiger partial charge in [0, 0.05) is 15.4 Å². The minimum atomic E-state index is 1.04. The van der Waals surface area contributed by atoms with Crippen molar-refractivity contribution >= 4 is 34.4 Å². The van der Waals surface area contributed by atoms with E-state index >= 15 is 0 Å². The monoisotopic (exact) mass is 200 g/mol. The molecule has 0 saturated carbocycles. The van der Waals surface area contributed by atoms with Gasteiger partial charge in [0.2, 0.25) is 0 Å². The molecular formula is C3H5IS. The second-order valence-electron chi connectivity index (χ2n) is 1.11. The normalized spacial score (nSPS) is 34.2. The molecule has 1 aliphatic rings. The zero-order valence-corrected chi connectivity index (χ0v) is 5.75. The second-order valence-corrected chi connectivity index (χ2v) is 3.32. The Morgan fingerprint density at radius 2 is 2.60 bits per heavy atom. The van der Waals surface area contributed by atoms with Crippen LogP contribution in [0.4, 0.5) is 0 Å². The van der Waals surface area contributed by atoms with E-state index in [0.717, 1.165) is 5.25 Å². The standard InChI is InChI=1S/C3H5IS/c4-1-3-2-5-3/h3H,1-2H2. The van der Waals surface area contributed by atoms with E-state index < -0.39 is 0 Å². The maximum Gasteiger partial charge on any atom is 0.0228 e. The molecule has 1 atom stereocenters. The van der Waals surface area contributed by atoms with Gasteiger partial charge in [-0.2, -0.15) is 11.8 Å². The molecule has 0 bridgehead atoms. The van der Waals surface area contributed by atoms with Crippen molar-refractivity contribution in [3.63, 3.8) is 0 Å². The van der Waals surface area contributed by atoms with Gasteiger partial charge in [0.05, 0.1) is 0 Å². The van der Waals surface area contributed by atoms with Crippen LogP contribution in [0.3, 0.4) is 0 Å². The summed E-state index contributed by atoms with van der Waals surface area (Å²) in [7, 11) is 0. The lowest BCUT2D eigenvalue weighted by Gasteiger charge is -1.68. The van der Waals surface area contributed by atoms with Crippen LogP contribution in [0, 0.1) is 0 Å². The molecule has 2 heteroatoms. The van der Waals surface area contributed by atoms with E-state index in [1.54, 1.807) is 0 Å². The van der Waals surface area contributed by atoms with Gasteiger partial charge in [0.25, 0.3) is 0 Å². The van der Waals surface area contributed by atoms with Crippen molar-refractivity contribution in [3.05, 3.63) is 0 Å². The molecule has 0 radical (unpaired) electrons. The van der Waals surface area contributed by atoms with E-state index in [9.17, 15) is 0 Å². The third-order valence-corrected chi connectivity index (χ3v) is 3.21. The van der Waals surface area contributed by atoms with Crippen molar-refractivity contribution in [2.45, 2.75) is 5.25 Å². The fraction of sp³-hybridized carbons (Fsp3) is 1.00. The Labute approximate surface area is 49.8 Å². The molecular weight excluding hydrogens is 195 g/mol. The van der Waals surface area contributed by atoms with Crippen molar-refractivity contribution in [2.24, 2.45) is 0 Å². The fourth-order valence-electron chi connectivity index (χ4n) is 0.157. The number of hydrogen-bond acceptors (Lipinski definition) is 1. The summed E-state index contributed by atoms with van der Waals surface area (Å²) in [5.41, 5.74) is 0. The van der Waals surface area contributed by atoms with Crippen LogP contribution in [0.5, 0.6) is 0 Å². The van der Waals surface area contributed by atoms with Crippen molar-refractivity contribution in [2.75, 3.05) is 10.2 Å². The highest BCUT2D eigenvalue weighted by Crippen LogP contribution is 2.31. The Bertz CT molecular complexity index is 33.9. The van der Waals surface area contributed by atoms with Gasteiger partial charge in [0.1, 0.15) is 0 Å². The van der Waals surface area contributed by atoms with Gasteiger partial charge in [-0.15, -0.1) is 0 Å². The Hall–Kier alpha value is 1.08. The van der Waals surface area contributed by atoms with Crippen LogP contribution >= 0.6 is 34.4 Å². The minimum absolute atomic E-state index is 1.04. The zero-order valence-electron chi connectivity index (χ0n) is 2.78. The molecule has 1 heterocycles. The van der Waals surface area contributed by atoms with Gasteiger partial charge in [-0.1, -0.05) is 22.6 Å². The minimum Gasteiger partial charge on any atom is -0.156 e. The van der Waals surface area contributed by atoms with Gasteiger partial charge >= 0.3 is 0 Å². The highest BCUT2D eigenvalue weighted by atomic mass is 127. The molecule has 0 aromatic carbocycles. The van der Waals surface area contributed by atoms with Crippen LogP contribution in [0.15, 0.2) is 0 Å². The zero-order chi connectivity index (χ0) is 3.70. The van der Waals surface area contributed by atoms with E-state index in [4.69, 9.17) is 0 Å². The molecule has 30 valence electrons. The van der Waals surface area contributed by atoms with E-state index in [1.165, 1.54) is 10.2 Å². The molecule has 1 fully saturated rings. The van der Waals surface area contributed by atoms with E-state index in [2.05, 4.69) is 34.4 Å². The molecule has 1 unspecified atom stereocenters. The summed E-state index contributed by atoms with van der Waals surface area (Å²) in [6, 6.07) is 0. The van der Waals surface area contributed by atoms with E-state index in [1.807, 2.05) is 0 Å². The van der Waals surface area contributed by atoms with Crippen LogP contribution in [0.25, 0.3) is 0 Å². The summed E-state index contributed by atoms with van der Waals surface area (Å²) in [6.07, 6.45) is 0. The molecule has 0 spiro atoms. The van der Waals surface area contributed by atoms with Gasteiger partial charge in [-0.25, -0.2) is 0 Å². The maximum atomic E-state index is 2.42. The van der Waals surface area contributed by atoms with Gasteiger partial charge in [-0.05, 0) is 0 Å². The highest BCUT2D eigenvalue weighted by Gasteiger charge is 2.19. The summed E-state index contributed by atoms with van der Waals surface area (Å²) < 4.78 is 1.35. The topological polar surface area (TPSA) is 0 Å². The molecule has 0 aliphatic carbocycles. The molecule has 0 N–H and O–H groups in total. The van der Waals surface area contributed by atoms with Crippen LogP contribution in [-0.2, 0) is 0 Å². The van der Waals surface area contributed by atoms with Crippen molar-refractivity contribution < 1.29 is 0 Å². The SMILES string of the molecule is ICC1CS1. The van der Waals surface area contributed by atoms with Crippen LogP contribution in [0.2, 0.25) is 0 Å². The number of hydrogen-bond donors (Lipinski definition) is 0. The Morgan fingerprint density at radius 1 is 2.00 bits per heavy atom. The fourth-order valence-corrected chi connectivity index (χ4v) is 2.00. The summed E-state index contributed by atoms with van der Waals surface area (Å²) in [5.74, 6) is 1.42. The summed E-state index contributed by atoms with van der Waals surface area (Å²) in [4.78, 5) is 0. The average Bonchev–Trinajstić information content (AvgIpc) is 2.12. The molecule has 1 rings (SSSR count). The van der Waals surface area contributed by atoms with Gasteiger partial charge < -0.3 is 0 Å². The average molecular weight is 200 g/mol. The predicted molar refractivity (Wildman–Crippen MR) is 35.1 cm³/mol. The van der Waals surface area contributed by atoms with Crippen molar-refractivity contribution in [1.29, 1.82) is 0 Å². The molecule has 5 heavy (non-hydrogen) atoms. The van der Waals surface area contributed by atoms with Gasteiger partial charge in [-0.3, -0.25) is 0 Å². The first kappa shape index (κ1) is 4.24. The summed E-state index contributed by atoms with van der Waals surface area (Å²) in [5, 5.41) is 1.04. The van der Waals surface area contributed by atoms with E-state index in [-0.39, 0.29) is 0 Å². The quantitative estimate of drug-likeness (QED) is 0.351. The number of thioether (sulfide) groups is 1. The third kappa shape index (κ3) is 1.30. The second kappa shape index (κ2) is 1.69. The predicted octanol–water partition coefficient (Wildman–Crippen LogP) is 1.54. The van der Waals surface area contributed by atoms with Crippen LogP contribution in [0.1, 0.15) is 0 Å². The first-order valence-electron chi connectivity index (χ1n) is 1.61. The lowest BCUT2D eigenvalue weighted by molar-refractivity contribution is 1.30. The van der Waals surface area contributed by atoms with E-state index in [0.29, 0.717) is 0 Å². The van der Waals surface area contributed by atoms with Gasteiger partial charge in [0.15, 0.2) is 0 Å². The molecule has 0 aromatic rings. The Morgan fingerprint density at radius 3 is 2.60 bits per heavy atom. The Kier molecular flexibility index (Phi) is 1.43. The highest BCUT2D eigenvalue weighted by molar-refractivity contribution is 14.1. The molecule has 1 saturated heterocycles. The molecule has 0 amide bonds. The molecule has 0 nitrogen and oxygen atoms in total. The third-order valence-electron chi connectivity index (χ3n) is 0.574. The summed E-state index contributed by atoms with van der Waals surface area (Å²) >= 11 is 4.48. The lowest BCUT2D eigenvalue weighted by Crippen LogP contribution is -1.76. The number of halogens is 1. The molecule has 1 aliphatic heterocycles. The first-order valence-corrected chi connectivity index (χ1v) is 4.18. The first-order chi connectivity index (χ1) is 2.43. The summed E-state index contributed by atoms with van der Waals surface area (Å²) in [6.45, 7) is 0. The largest absolute Gasteiger partial charge is 0.156 e. The number of rotatable bonds is 1.